The summed E-state index contributed by atoms with van der Waals surface area (Å²) in [5, 5.41) is 12.6. The third kappa shape index (κ3) is 5.30. The van der Waals surface area contributed by atoms with E-state index in [2.05, 4.69) is 5.32 Å². The number of anilines is 1. The maximum absolute atomic E-state index is 13.0. The first-order valence-corrected chi connectivity index (χ1v) is 10.7. The first kappa shape index (κ1) is 25.4. The Morgan fingerprint density at radius 3 is 2.68 bits per heavy atom. The Balaban J connectivity index is 1.67. The molecule has 0 unspecified atom stereocenters. The number of nitrogens with one attached hydrogen (secondary N) is 1. The molecule has 0 aromatic heterocycles. The Kier molecular flexibility index (Phi) is 7.45. The van der Waals surface area contributed by atoms with E-state index in [0.29, 0.717) is 28.9 Å². The van der Waals surface area contributed by atoms with Gasteiger partial charge in [-0.05, 0) is 50.5 Å². The number of benzene rings is 2. The number of hydrogen-bond acceptors (Lipinski definition) is 5. The smallest absolute Gasteiger partial charge is 0.417 e. The highest BCUT2D eigenvalue weighted by atomic mass is 35.5. The van der Waals surface area contributed by atoms with Crippen LogP contribution in [-0.4, -0.2) is 24.1 Å². The largest absolute Gasteiger partial charge is 0.507 e. The van der Waals surface area contributed by atoms with E-state index in [4.69, 9.17) is 21.1 Å². The number of fused-ring (bicyclic) bond motifs is 1. The van der Waals surface area contributed by atoms with Crippen molar-refractivity contribution in [3.8, 4) is 11.5 Å². The maximum Gasteiger partial charge on any atom is 0.417 e. The lowest BCUT2D eigenvalue weighted by Crippen LogP contribution is -2.13. The first-order valence-electron chi connectivity index (χ1n) is 10.3. The van der Waals surface area contributed by atoms with Crippen LogP contribution < -0.4 is 10.1 Å². The molecule has 6 nitrogen and oxygen atoms in total. The fourth-order valence-electron chi connectivity index (χ4n) is 3.76. The van der Waals surface area contributed by atoms with E-state index in [1.165, 1.54) is 13.2 Å². The second-order valence-corrected chi connectivity index (χ2v) is 8.32. The van der Waals surface area contributed by atoms with Gasteiger partial charge in [-0.3, -0.25) is 4.79 Å². The van der Waals surface area contributed by atoms with E-state index >= 15 is 0 Å². The van der Waals surface area contributed by atoms with Crippen molar-refractivity contribution in [2.24, 2.45) is 0 Å². The van der Waals surface area contributed by atoms with Gasteiger partial charge in [0.2, 0.25) is 5.91 Å². The van der Waals surface area contributed by atoms with Gasteiger partial charge in [-0.1, -0.05) is 23.3 Å². The van der Waals surface area contributed by atoms with Crippen molar-refractivity contribution in [1.29, 1.82) is 0 Å². The standard InChI is InChI=1S/C24H23ClF3NO5/c1-12(5-9-19(30)29-14-6-8-18(25)17(10-14)24(26,27)28)4-7-15-21(31)20-16(11-34-23(20)32)13(2)22(15)33-3/h4,6,8,10,31H,5,7,9,11H2,1-3H3,(H,29,30)/b12-4+. The number of halogens is 4. The van der Waals surface area contributed by atoms with Gasteiger partial charge in [-0.15, -0.1) is 0 Å². The minimum Gasteiger partial charge on any atom is -0.507 e. The van der Waals surface area contributed by atoms with Crippen molar-refractivity contribution in [2.45, 2.75) is 45.9 Å². The van der Waals surface area contributed by atoms with Crippen molar-refractivity contribution < 1.29 is 37.3 Å². The third-order valence-electron chi connectivity index (χ3n) is 5.60. The number of cyclic esters (lactones) is 1. The molecule has 0 spiro atoms. The minimum atomic E-state index is -4.63. The van der Waals surface area contributed by atoms with Crippen molar-refractivity contribution >= 4 is 29.2 Å². The first-order chi connectivity index (χ1) is 15.9. The number of phenols is 1. The number of rotatable bonds is 7. The minimum absolute atomic E-state index is 0.00137. The van der Waals surface area contributed by atoms with Crippen LogP contribution in [0.4, 0.5) is 18.9 Å². The number of carbonyl (C=O) groups excluding carboxylic acids is 2. The number of esters is 1. The van der Waals surface area contributed by atoms with Crippen molar-refractivity contribution in [1.82, 2.24) is 0 Å². The van der Waals surface area contributed by atoms with E-state index in [1.54, 1.807) is 19.9 Å². The number of allylic oxidation sites excluding steroid dienone is 2. The summed E-state index contributed by atoms with van der Waals surface area (Å²) in [7, 11) is 1.47. The van der Waals surface area contributed by atoms with Crippen LogP contribution in [0.25, 0.3) is 0 Å². The number of carbonyl (C=O) groups is 2. The number of amides is 1. The number of methoxy groups -OCH3 is 1. The molecule has 182 valence electrons. The molecule has 0 saturated carbocycles. The van der Waals surface area contributed by atoms with Gasteiger partial charge in [-0.25, -0.2) is 4.79 Å². The predicted octanol–water partition coefficient (Wildman–Crippen LogP) is 5.96. The van der Waals surface area contributed by atoms with Gasteiger partial charge >= 0.3 is 12.1 Å². The zero-order valence-electron chi connectivity index (χ0n) is 18.7. The molecule has 2 aromatic carbocycles. The summed E-state index contributed by atoms with van der Waals surface area (Å²) in [4.78, 5) is 24.2. The van der Waals surface area contributed by atoms with Gasteiger partial charge in [0.05, 0.1) is 17.7 Å². The lowest BCUT2D eigenvalue weighted by atomic mass is 9.94. The van der Waals surface area contributed by atoms with Crippen LogP contribution in [0.1, 0.15) is 52.4 Å². The Morgan fingerprint density at radius 1 is 1.32 bits per heavy atom. The highest BCUT2D eigenvalue weighted by Gasteiger charge is 2.34. The molecule has 1 aliphatic heterocycles. The predicted molar refractivity (Wildman–Crippen MR) is 120 cm³/mol. The zero-order valence-corrected chi connectivity index (χ0v) is 19.5. The fraction of sp³-hybridized carbons (Fsp3) is 0.333. The molecule has 10 heteroatoms. The van der Waals surface area contributed by atoms with E-state index in [0.717, 1.165) is 17.7 Å². The normalized spacial score (nSPS) is 13.5. The van der Waals surface area contributed by atoms with Gasteiger partial charge in [-0.2, -0.15) is 13.2 Å². The van der Waals surface area contributed by atoms with Crippen LogP contribution in [-0.2, 0) is 28.7 Å². The Bertz CT molecular complexity index is 1170. The molecule has 2 N–H and O–H groups in total. The molecule has 3 rings (SSSR count). The molecule has 0 fully saturated rings. The number of aromatic hydroxyl groups is 1. The Morgan fingerprint density at radius 2 is 2.03 bits per heavy atom. The molecular formula is C24H23ClF3NO5. The average Bonchev–Trinajstić information content (AvgIpc) is 3.16. The number of phenolic OH excluding ortho intramolecular Hbond substituents is 1. The van der Waals surface area contributed by atoms with Crippen molar-refractivity contribution in [2.75, 3.05) is 12.4 Å². The quantitative estimate of drug-likeness (QED) is 0.364. The molecular weight excluding hydrogens is 475 g/mol. The molecule has 2 aromatic rings. The third-order valence-corrected chi connectivity index (χ3v) is 5.93. The molecule has 1 amide bonds. The van der Waals surface area contributed by atoms with Gasteiger partial charge < -0.3 is 19.9 Å². The van der Waals surface area contributed by atoms with Crippen LogP contribution >= 0.6 is 11.6 Å². The van der Waals surface area contributed by atoms with Crippen LogP contribution in [0.3, 0.4) is 0 Å². The molecule has 34 heavy (non-hydrogen) atoms. The van der Waals surface area contributed by atoms with Gasteiger partial charge in [0, 0.05) is 23.2 Å². The number of hydrogen-bond donors (Lipinski definition) is 2. The van der Waals surface area contributed by atoms with Crippen molar-refractivity contribution in [3.05, 3.63) is 62.7 Å². The Hall–Kier alpha value is -3.20. The van der Waals surface area contributed by atoms with E-state index in [-0.39, 0.29) is 36.4 Å². The van der Waals surface area contributed by atoms with E-state index in [9.17, 15) is 27.9 Å². The molecule has 1 heterocycles. The number of ether oxygens (including phenoxy) is 2. The average molecular weight is 498 g/mol. The Labute approximate surface area is 199 Å². The van der Waals surface area contributed by atoms with Gasteiger partial charge in [0.15, 0.2) is 0 Å². The molecule has 0 aliphatic carbocycles. The molecule has 0 saturated heterocycles. The SMILES string of the molecule is COc1c(C)c2c(c(O)c1C/C=C(\C)CCC(=O)Nc1ccc(Cl)c(C(F)(F)F)c1)C(=O)OC2. The maximum atomic E-state index is 13.0. The zero-order chi connectivity index (χ0) is 25.2. The van der Waals surface area contributed by atoms with Crippen molar-refractivity contribution in [3.63, 3.8) is 0 Å². The van der Waals surface area contributed by atoms with Crippen LogP contribution in [0.5, 0.6) is 11.5 Å². The topological polar surface area (TPSA) is 84.9 Å². The van der Waals surface area contributed by atoms with Gasteiger partial charge in [0.25, 0.3) is 0 Å². The monoisotopic (exact) mass is 497 g/mol. The van der Waals surface area contributed by atoms with Gasteiger partial charge in [0.1, 0.15) is 23.7 Å². The summed E-state index contributed by atoms with van der Waals surface area (Å²) < 4.78 is 49.4. The lowest BCUT2D eigenvalue weighted by Gasteiger charge is -2.15. The molecule has 0 radical (unpaired) electrons. The second kappa shape index (κ2) is 9.97. The van der Waals surface area contributed by atoms with E-state index < -0.39 is 28.6 Å². The van der Waals surface area contributed by atoms with Crippen LogP contribution in [0.15, 0.2) is 29.8 Å². The summed E-state index contributed by atoms with van der Waals surface area (Å²) in [6, 6.07) is 3.17. The molecule has 0 atom stereocenters. The summed E-state index contributed by atoms with van der Waals surface area (Å²) in [6.07, 6.45) is -2.22. The summed E-state index contributed by atoms with van der Waals surface area (Å²) in [5.41, 5.74) is 1.66. The highest BCUT2D eigenvalue weighted by molar-refractivity contribution is 6.31. The lowest BCUT2D eigenvalue weighted by molar-refractivity contribution is -0.137. The summed E-state index contributed by atoms with van der Waals surface area (Å²) >= 11 is 5.59. The molecule has 1 aliphatic rings. The van der Waals surface area contributed by atoms with Crippen LogP contribution in [0.2, 0.25) is 5.02 Å². The molecule has 0 bridgehead atoms. The summed E-state index contributed by atoms with van der Waals surface area (Å²) in [6.45, 7) is 3.64. The second-order valence-electron chi connectivity index (χ2n) is 7.91. The summed E-state index contributed by atoms with van der Waals surface area (Å²) in [5.74, 6) is -0.781. The fourth-order valence-corrected chi connectivity index (χ4v) is 3.99. The van der Waals surface area contributed by atoms with Crippen LogP contribution in [0, 0.1) is 6.92 Å². The number of alkyl halides is 3. The highest BCUT2D eigenvalue weighted by Crippen LogP contribution is 2.42. The van der Waals surface area contributed by atoms with E-state index in [1.807, 2.05) is 0 Å².